The minimum absolute atomic E-state index is 0.105. The van der Waals surface area contributed by atoms with Crippen molar-refractivity contribution in [2.45, 2.75) is 44.9 Å². The zero-order valence-electron chi connectivity index (χ0n) is 20.7. The van der Waals surface area contributed by atoms with Gasteiger partial charge in [-0.2, -0.15) is 0 Å². The van der Waals surface area contributed by atoms with Crippen molar-refractivity contribution < 1.29 is 28.2 Å². The molecule has 0 bridgehead atoms. The van der Waals surface area contributed by atoms with Gasteiger partial charge in [0.25, 0.3) is 0 Å². The normalized spacial score (nSPS) is 19.6. The summed E-state index contributed by atoms with van der Waals surface area (Å²) < 4.78 is 31.4. The largest absolute Gasteiger partial charge is 0.493 e. The van der Waals surface area contributed by atoms with Gasteiger partial charge in [0.05, 0.1) is 32.3 Å². The first-order chi connectivity index (χ1) is 17.3. The van der Waals surface area contributed by atoms with Gasteiger partial charge in [0, 0.05) is 34.0 Å². The van der Waals surface area contributed by atoms with Crippen LogP contribution in [0.2, 0.25) is 5.02 Å². The van der Waals surface area contributed by atoms with Crippen LogP contribution in [0.3, 0.4) is 0 Å². The van der Waals surface area contributed by atoms with E-state index in [0.717, 1.165) is 5.56 Å². The first-order valence-corrected chi connectivity index (χ1v) is 12.2. The minimum atomic E-state index is -0.960. The van der Waals surface area contributed by atoms with Gasteiger partial charge < -0.3 is 19.5 Å². The van der Waals surface area contributed by atoms with Crippen LogP contribution in [0, 0.1) is 5.82 Å². The van der Waals surface area contributed by atoms with Gasteiger partial charge in [0.1, 0.15) is 5.82 Å². The smallest absolute Gasteiger partial charge is 0.336 e. The van der Waals surface area contributed by atoms with E-state index in [0.29, 0.717) is 41.3 Å². The second-order valence-electron chi connectivity index (χ2n) is 8.90. The van der Waals surface area contributed by atoms with E-state index in [1.165, 1.54) is 12.1 Å². The highest BCUT2D eigenvalue weighted by Gasteiger charge is 2.43. The van der Waals surface area contributed by atoms with Crippen molar-refractivity contribution in [3.63, 3.8) is 0 Å². The Labute approximate surface area is 215 Å². The predicted octanol–water partition coefficient (Wildman–Crippen LogP) is 5.81. The first kappa shape index (κ1) is 25.8. The summed E-state index contributed by atoms with van der Waals surface area (Å²) >= 11 is 6.46. The van der Waals surface area contributed by atoms with Crippen molar-refractivity contribution in [3.05, 3.63) is 80.9 Å². The van der Waals surface area contributed by atoms with Crippen LogP contribution in [0.25, 0.3) is 0 Å². The highest BCUT2D eigenvalue weighted by Crippen LogP contribution is 2.48. The van der Waals surface area contributed by atoms with Crippen molar-refractivity contribution in [3.8, 4) is 11.5 Å². The van der Waals surface area contributed by atoms with Crippen molar-refractivity contribution in [1.29, 1.82) is 0 Å². The number of halogens is 2. The Kier molecular flexibility index (Phi) is 7.69. The number of hydrogen-bond acceptors (Lipinski definition) is 6. The van der Waals surface area contributed by atoms with E-state index >= 15 is 4.39 Å². The monoisotopic (exact) mass is 513 g/mol. The number of carbonyl (C=O) groups excluding carboxylic acids is 2. The van der Waals surface area contributed by atoms with Crippen LogP contribution in [0.1, 0.15) is 56.1 Å². The molecule has 1 aliphatic heterocycles. The molecule has 36 heavy (non-hydrogen) atoms. The third-order valence-corrected chi connectivity index (χ3v) is 6.98. The summed E-state index contributed by atoms with van der Waals surface area (Å²) in [5.74, 6) is -1.27. The van der Waals surface area contributed by atoms with Crippen LogP contribution in [-0.2, 0) is 14.3 Å². The lowest BCUT2D eigenvalue weighted by Crippen LogP contribution is -2.36. The zero-order chi connectivity index (χ0) is 26.0. The van der Waals surface area contributed by atoms with E-state index in [-0.39, 0.29) is 40.9 Å². The Morgan fingerprint density at radius 2 is 1.89 bits per heavy atom. The molecule has 0 saturated heterocycles. The number of nitrogens with one attached hydrogen (secondary N) is 1. The number of Topliss-reactive ketones (excluding diaryl/α,β-unsaturated/α-hetero) is 1. The molecule has 0 spiro atoms. The molecule has 4 rings (SSSR count). The molecule has 0 saturated carbocycles. The predicted molar refractivity (Wildman–Crippen MR) is 135 cm³/mol. The number of ketones is 1. The first-order valence-electron chi connectivity index (χ1n) is 11.9. The maximum Gasteiger partial charge on any atom is 0.336 e. The van der Waals surface area contributed by atoms with Crippen LogP contribution < -0.4 is 14.8 Å². The number of ether oxygens (including phenoxy) is 3. The van der Waals surface area contributed by atoms with Crippen molar-refractivity contribution in [2.75, 3.05) is 20.8 Å². The van der Waals surface area contributed by atoms with Crippen molar-refractivity contribution in [1.82, 2.24) is 5.32 Å². The molecule has 2 aromatic carbocycles. The Morgan fingerprint density at radius 3 is 2.56 bits per heavy atom. The molecule has 1 aliphatic carbocycles. The lowest BCUT2D eigenvalue weighted by atomic mass is 9.71. The van der Waals surface area contributed by atoms with Gasteiger partial charge in [-0.3, -0.25) is 4.79 Å². The fraction of sp³-hybridized carbons (Fsp3) is 0.357. The number of hydrogen-bond donors (Lipinski definition) is 1. The summed E-state index contributed by atoms with van der Waals surface area (Å²) in [7, 11) is 3.13. The maximum absolute atomic E-state index is 15.2. The van der Waals surface area contributed by atoms with Gasteiger partial charge >= 0.3 is 5.97 Å². The fourth-order valence-electron chi connectivity index (χ4n) is 5.00. The van der Waals surface area contributed by atoms with Gasteiger partial charge in [-0.25, -0.2) is 9.18 Å². The van der Waals surface area contributed by atoms with Gasteiger partial charge in [-0.05, 0) is 55.5 Å². The molecule has 0 unspecified atom stereocenters. The topological polar surface area (TPSA) is 73.9 Å². The number of dihydropyridines is 1. The van der Waals surface area contributed by atoms with E-state index in [4.69, 9.17) is 25.8 Å². The van der Waals surface area contributed by atoms with E-state index in [1.807, 2.05) is 25.1 Å². The van der Waals surface area contributed by atoms with E-state index in [9.17, 15) is 9.59 Å². The Morgan fingerprint density at radius 1 is 1.14 bits per heavy atom. The number of methoxy groups -OCH3 is 2. The van der Waals surface area contributed by atoms with Crippen LogP contribution in [-0.4, -0.2) is 32.6 Å². The lowest BCUT2D eigenvalue weighted by Gasteiger charge is -2.37. The Bertz CT molecular complexity index is 1250. The highest BCUT2D eigenvalue weighted by molar-refractivity contribution is 6.31. The number of carbonyl (C=O) groups is 2. The summed E-state index contributed by atoms with van der Waals surface area (Å²) in [5.41, 5.74) is 2.75. The second kappa shape index (κ2) is 10.7. The maximum atomic E-state index is 15.2. The van der Waals surface area contributed by atoms with Gasteiger partial charge in [-0.1, -0.05) is 30.7 Å². The van der Waals surface area contributed by atoms with Gasteiger partial charge in [-0.15, -0.1) is 0 Å². The molecular weight excluding hydrogens is 485 g/mol. The van der Waals surface area contributed by atoms with Gasteiger partial charge in [0.15, 0.2) is 17.3 Å². The fourth-order valence-corrected chi connectivity index (χ4v) is 5.27. The Hall–Kier alpha value is -3.32. The van der Waals surface area contributed by atoms with Crippen LogP contribution in [0.4, 0.5) is 4.39 Å². The molecule has 8 heteroatoms. The molecule has 1 heterocycles. The number of allylic oxidation sites excluding steroid dienone is 3. The molecule has 1 N–H and O–H groups in total. The molecule has 2 aliphatic rings. The summed E-state index contributed by atoms with van der Waals surface area (Å²) in [5, 5.41) is 3.41. The summed E-state index contributed by atoms with van der Waals surface area (Å²) in [6.07, 6.45) is 1.32. The molecule has 6 nitrogen and oxygen atoms in total. The minimum Gasteiger partial charge on any atom is -0.493 e. The summed E-state index contributed by atoms with van der Waals surface area (Å²) in [6.45, 7) is 3.84. The van der Waals surface area contributed by atoms with E-state index in [1.54, 1.807) is 27.2 Å². The third kappa shape index (κ3) is 4.72. The molecule has 0 amide bonds. The molecule has 2 aromatic rings. The van der Waals surface area contributed by atoms with Gasteiger partial charge in [0.2, 0.25) is 0 Å². The summed E-state index contributed by atoms with van der Waals surface area (Å²) in [4.78, 5) is 26.8. The molecule has 0 radical (unpaired) electrons. The summed E-state index contributed by atoms with van der Waals surface area (Å²) in [6, 6.07) is 9.94. The number of esters is 1. The van der Waals surface area contributed by atoms with Crippen LogP contribution in [0.5, 0.6) is 11.5 Å². The van der Waals surface area contributed by atoms with E-state index < -0.39 is 17.7 Å². The Balaban J connectivity index is 1.81. The number of benzene rings is 2. The highest BCUT2D eigenvalue weighted by atomic mass is 35.5. The lowest BCUT2D eigenvalue weighted by molar-refractivity contribution is -0.139. The SMILES string of the molecule is CCCOC(=O)C1=C(C)NC2=C(C(=O)C[C@@H](c3ccc(OC)c(OC)c3)C2)[C@@H]1c1c(F)cccc1Cl. The second-order valence-corrected chi connectivity index (χ2v) is 9.31. The molecule has 2 atom stereocenters. The quantitative estimate of drug-likeness (QED) is 0.471. The molecular formula is C28H29ClFNO5. The van der Waals surface area contributed by atoms with E-state index in [2.05, 4.69) is 5.32 Å². The average Bonchev–Trinajstić information content (AvgIpc) is 2.86. The third-order valence-electron chi connectivity index (χ3n) is 6.65. The molecule has 190 valence electrons. The zero-order valence-corrected chi connectivity index (χ0v) is 21.5. The van der Waals surface area contributed by atoms with Crippen LogP contribution >= 0.6 is 11.6 Å². The molecule has 0 aromatic heterocycles. The van der Waals surface area contributed by atoms with Crippen molar-refractivity contribution in [2.24, 2.45) is 0 Å². The molecule has 0 fully saturated rings. The van der Waals surface area contributed by atoms with Crippen LogP contribution in [0.15, 0.2) is 58.9 Å². The average molecular weight is 514 g/mol. The standard InChI is InChI=1S/C28H29ClFNO5/c1-5-11-36-28(33)24-15(2)31-20-12-17(16-9-10-22(34-3)23(14-16)35-4)13-21(32)26(20)27(24)25-18(29)7-6-8-19(25)30/h6-10,14,17,27,31H,5,11-13H2,1-4H3/t17-,27-/m0/s1. The number of rotatable bonds is 7. The van der Waals surface area contributed by atoms with Crippen molar-refractivity contribution >= 4 is 23.4 Å².